The maximum absolute atomic E-state index is 12.0. The number of benzene rings is 1. The molecule has 0 heterocycles. The number of unbranched alkanes of at least 4 members (excludes halogenated alkanes) is 6. The normalized spacial score (nSPS) is 11.6. The van der Waals surface area contributed by atoms with E-state index in [1.54, 1.807) is 24.3 Å². The first-order valence-electron chi connectivity index (χ1n) is 6.85. The van der Waals surface area contributed by atoms with Gasteiger partial charge in [-0.05, 0) is 24.6 Å². The highest BCUT2D eigenvalue weighted by Gasteiger charge is 2.12. The summed E-state index contributed by atoms with van der Waals surface area (Å²) >= 11 is 0. The number of hydrogen-bond donors (Lipinski definition) is 0. The molecule has 0 aliphatic heterocycles. The van der Waals surface area contributed by atoms with Gasteiger partial charge < -0.3 is 0 Å². The molecular formula is C15H23O2S. The van der Waals surface area contributed by atoms with Crippen molar-refractivity contribution in [3.63, 3.8) is 0 Å². The van der Waals surface area contributed by atoms with Gasteiger partial charge in [0, 0.05) is 0 Å². The highest BCUT2D eigenvalue weighted by atomic mass is 32.2. The summed E-state index contributed by atoms with van der Waals surface area (Å²) in [6.45, 7) is 2.20. The Morgan fingerprint density at radius 3 is 2.11 bits per heavy atom. The van der Waals surface area contributed by atoms with E-state index in [0.29, 0.717) is 4.90 Å². The van der Waals surface area contributed by atoms with Gasteiger partial charge in [-0.2, -0.15) is 0 Å². The van der Waals surface area contributed by atoms with Crippen LogP contribution in [0.1, 0.15) is 51.9 Å². The first kappa shape index (κ1) is 15.2. The average molecular weight is 267 g/mol. The Morgan fingerprint density at radius 1 is 0.944 bits per heavy atom. The lowest BCUT2D eigenvalue weighted by Crippen LogP contribution is -2.06. The minimum Gasteiger partial charge on any atom is -0.224 e. The van der Waals surface area contributed by atoms with E-state index in [-0.39, 0.29) is 5.75 Å². The molecule has 0 unspecified atom stereocenters. The van der Waals surface area contributed by atoms with Crippen LogP contribution in [0.3, 0.4) is 0 Å². The van der Waals surface area contributed by atoms with Crippen LogP contribution < -0.4 is 0 Å². The van der Waals surface area contributed by atoms with Crippen LogP contribution in [0.4, 0.5) is 0 Å². The summed E-state index contributed by atoms with van der Waals surface area (Å²) in [5.41, 5.74) is 0. The molecule has 1 radical (unpaired) electrons. The lowest BCUT2D eigenvalue weighted by Gasteiger charge is -2.04. The summed E-state index contributed by atoms with van der Waals surface area (Å²) in [6, 6.07) is 9.38. The van der Waals surface area contributed by atoms with Crippen molar-refractivity contribution >= 4 is 9.84 Å². The first-order chi connectivity index (χ1) is 8.67. The molecule has 0 spiro atoms. The SMILES string of the molecule is CCCCCCCCCS(=O)(=O)c1cc[c]cc1. The number of sulfone groups is 1. The zero-order valence-corrected chi connectivity index (χ0v) is 12.0. The zero-order chi connectivity index (χ0) is 13.3. The molecule has 0 amide bonds. The summed E-state index contributed by atoms with van der Waals surface area (Å²) in [5, 5.41) is 0. The Morgan fingerprint density at radius 2 is 1.50 bits per heavy atom. The second-order valence-electron chi connectivity index (χ2n) is 4.68. The molecule has 1 aromatic rings. The van der Waals surface area contributed by atoms with E-state index < -0.39 is 9.84 Å². The van der Waals surface area contributed by atoms with E-state index in [4.69, 9.17) is 0 Å². The van der Waals surface area contributed by atoms with Crippen LogP contribution in [-0.2, 0) is 9.84 Å². The molecule has 0 bridgehead atoms. The van der Waals surface area contributed by atoms with Crippen LogP contribution in [0.5, 0.6) is 0 Å². The summed E-state index contributed by atoms with van der Waals surface area (Å²) in [5.74, 6) is 0.269. The van der Waals surface area contributed by atoms with Gasteiger partial charge >= 0.3 is 0 Å². The molecule has 0 aliphatic rings. The van der Waals surface area contributed by atoms with Crippen molar-refractivity contribution in [2.24, 2.45) is 0 Å². The van der Waals surface area contributed by atoms with E-state index in [1.807, 2.05) is 0 Å². The minimum atomic E-state index is -3.08. The van der Waals surface area contributed by atoms with Crippen LogP contribution in [0.25, 0.3) is 0 Å². The van der Waals surface area contributed by atoms with E-state index in [1.165, 1.54) is 25.7 Å². The van der Waals surface area contributed by atoms with Crippen molar-refractivity contribution in [3.05, 3.63) is 30.3 Å². The van der Waals surface area contributed by atoms with Gasteiger partial charge in [0.1, 0.15) is 0 Å². The fourth-order valence-electron chi connectivity index (χ4n) is 1.95. The third-order valence-corrected chi connectivity index (χ3v) is 4.88. The molecule has 0 saturated heterocycles. The first-order valence-corrected chi connectivity index (χ1v) is 8.51. The highest BCUT2D eigenvalue weighted by molar-refractivity contribution is 7.91. The molecule has 0 N–H and O–H groups in total. The van der Waals surface area contributed by atoms with Crippen molar-refractivity contribution < 1.29 is 8.42 Å². The minimum absolute atomic E-state index is 0.269. The quantitative estimate of drug-likeness (QED) is 0.633. The summed E-state index contributed by atoms with van der Waals surface area (Å²) in [4.78, 5) is 0.423. The molecule has 0 aliphatic carbocycles. The van der Waals surface area contributed by atoms with Gasteiger partial charge in [0.25, 0.3) is 0 Å². The van der Waals surface area contributed by atoms with Gasteiger partial charge in [0.15, 0.2) is 9.84 Å². The standard InChI is InChI=1S/C15H23O2S/c1-2-3-4-5-6-7-11-14-18(16,17)15-12-9-8-10-13-15/h9-10,12-13H,2-7,11,14H2,1H3. The van der Waals surface area contributed by atoms with Crippen LogP contribution in [0.15, 0.2) is 29.2 Å². The molecule has 101 valence electrons. The average Bonchev–Trinajstić information content (AvgIpc) is 2.39. The van der Waals surface area contributed by atoms with E-state index >= 15 is 0 Å². The van der Waals surface area contributed by atoms with Crippen LogP contribution in [0, 0.1) is 6.07 Å². The Hall–Kier alpha value is -0.830. The predicted molar refractivity (Wildman–Crippen MR) is 75.3 cm³/mol. The number of hydrogen-bond acceptors (Lipinski definition) is 2. The van der Waals surface area contributed by atoms with Gasteiger partial charge in [-0.15, -0.1) is 0 Å². The summed E-state index contributed by atoms with van der Waals surface area (Å²) in [6.07, 6.45) is 7.98. The van der Waals surface area contributed by atoms with E-state index in [2.05, 4.69) is 13.0 Å². The lowest BCUT2D eigenvalue weighted by molar-refractivity contribution is 0.579. The van der Waals surface area contributed by atoms with E-state index in [9.17, 15) is 8.42 Å². The van der Waals surface area contributed by atoms with Gasteiger partial charge in [-0.3, -0.25) is 0 Å². The van der Waals surface area contributed by atoms with Gasteiger partial charge in [-0.1, -0.05) is 57.6 Å². The Bertz CT molecular complexity index is 409. The molecule has 0 fully saturated rings. The van der Waals surface area contributed by atoms with Crippen LogP contribution in [0.2, 0.25) is 0 Å². The number of rotatable bonds is 9. The van der Waals surface area contributed by atoms with Crippen molar-refractivity contribution in [2.45, 2.75) is 56.8 Å². The van der Waals surface area contributed by atoms with Gasteiger partial charge in [-0.25, -0.2) is 8.42 Å². The molecule has 0 aromatic heterocycles. The van der Waals surface area contributed by atoms with Crippen LogP contribution >= 0.6 is 0 Å². The molecule has 18 heavy (non-hydrogen) atoms. The van der Waals surface area contributed by atoms with E-state index in [0.717, 1.165) is 19.3 Å². The molecule has 2 nitrogen and oxygen atoms in total. The molecule has 3 heteroatoms. The molecule has 1 aromatic carbocycles. The molecule has 0 saturated carbocycles. The Labute approximate surface area is 111 Å². The smallest absolute Gasteiger partial charge is 0.178 e. The van der Waals surface area contributed by atoms with Crippen molar-refractivity contribution in [3.8, 4) is 0 Å². The van der Waals surface area contributed by atoms with Gasteiger partial charge in [0.05, 0.1) is 10.6 Å². The topological polar surface area (TPSA) is 34.1 Å². The molecular weight excluding hydrogens is 244 g/mol. The predicted octanol–water partition coefficient (Wildman–Crippen LogP) is 4.01. The molecule has 1 rings (SSSR count). The second kappa shape index (κ2) is 8.30. The molecule has 0 atom stereocenters. The Balaban J connectivity index is 2.23. The third-order valence-electron chi connectivity index (χ3n) is 3.06. The summed E-state index contributed by atoms with van der Waals surface area (Å²) in [7, 11) is -3.08. The third kappa shape index (κ3) is 5.67. The fourth-order valence-corrected chi connectivity index (χ4v) is 3.32. The second-order valence-corrected chi connectivity index (χ2v) is 6.79. The fraction of sp³-hybridized carbons (Fsp3) is 0.600. The Kier molecular flexibility index (Phi) is 7.02. The van der Waals surface area contributed by atoms with Crippen molar-refractivity contribution in [1.29, 1.82) is 0 Å². The van der Waals surface area contributed by atoms with Gasteiger partial charge in [0.2, 0.25) is 0 Å². The summed E-state index contributed by atoms with van der Waals surface area (Å²) < 4.78 is 23.9. The van der Waals surface area contributed by atoms with Crippen molar-refractivity contribution in [1.82, 2.24) is 0 Å². The maximum atomic E-state index is 12.0. The monoisotopic (exact) mass is 267 g/mol. The maximum Gasteiger partial charge on any atom is 0.178 e. The van der Waals surface area contributed by atoms with Crippen molar-refractivity contribution in [2.75, 3.05) is 5.75 Å². The highest BCUT2D eigenvalue weighted by Crippen LogP contribution is 2.13. The zero-order valence-electron chi connectivity index (χ0n) is 11.2. The van der Waals surface area contributed by atoms with Crippen LogP contribution in [-0.4, -0.2) is 14.2 Å². The largest absolute Gasteiger partial charge is 0.224 e. The lowest BCUT2D eigenvalue weighted by atomic mass is 10.1.